The van der Waals surface area contributed by atoms with Crippen molar-refractivity contribution in [2.75, 3.05) is 5.32 Å². The first-order chi connectivity index (χ1) is 16.5. The predicted octanol–water partition coefficient (Wildman–Crippen LogP) is 5.44. The number of imidazole rings is 1. The highest BCUT2D eigenvalue weighted by atomic mass is 19.1. The average molecular weight is 453 g/mol. The molecule has 3 heterocycles. The third kappa shape index (κ3) is 4.21. The molecule has 0 saturated heterocycles. The molecule has 3 aromatic heterocycles. The number of halogens is 1. The Kier molecular flexibility index (Phi) is 5.47. The number of rotatable bonds is 6. The largest absolute Gasteiger partial charge is 0.478 e. The summed E-state index contributed by atoms with van der Waals surface area (Å²) in [4.78, 5) is 28.4. The molecule has 5 rings (SSSR count). The third-order valence-electron chi connectivity index (χ3n) is 5.42. The van der Waals surface area contributed by atoms with Crippen LogP contribution in [0.1, 0.15) is 21.9 Å². The van der Waals surface area contributed by atoms with Gasteiger partial charge in [0.1, 0.15) is 11.6 Å². The summed E-state index contributed by atoms with van der Waals surface area (Å²) in [5.74, 6) is -0.772. The number of hydrogen-bond acceptors (Lipinski definition) is 5. The van der Waals surface area contributed by atoms with Crippen molar-refractivity contribution in [3.05, 3.63) is 95.8 Å². The number of aromatic carboxylic acids is 1. The maximum atomic E-state index is 14.0. The van der Waals surface area contributed by atoms with E-state index in [9.17, 15) is 14.3 Å². The zero-order valence-corrected chi connectivity index (χ0v) is 18.2. The number of carbonyl (C=O) groups is 1. The van der Waals surface area contributed by atoms with Crippen LogP contribution in [0.5, 0.6) is 0 Å². The molecule has 8 heteroatoms. The summed E-state index contributed by atoms with van der Waals surface area (Å²) in [6, 6.07) is 19.3. The summed E-state index contributed by atoms with van der Waals surface area (Å²) in [6.07, 6.45) is 1.34. The van der Waals surface area contributed by atoms with Crippen LogP contribution in [-0.2, 0) is 6.54 Å². The maximum absolute atomic E-state index is 14.0. The van der Waals surface area contributed by atoms with Gasteiger partial charge in [0.05, 0.1) is 40.4 Å². The molecule has 2 aromatic carbocycles. The van der Waals surface area contributed by atoms with E-state index in [2.05, 4.69) is 20.3 Å². The first kappa shape index (κ1) is 21.3. The van der Waals surface area contributed by atoms with Crippen molar-refractivity contribution in [2.45, 2.75) is 13.5 Å². The molecular weight excluding hydrogens is 433 g/mol. The van der Waals surface area contributed by atoms with Crippen LogP contribution < -0.4 is 5.32 Å². The lowest BCUT2D eigenvalue weighted by atomic mass is 10.0. The highest BCUT2D eigenvalue weighted by Gasteiger charge is 2.17. The van der Waals surface area contributed by atoms with E-state index in [0.29, 0.717) is 28.1 Å². The molecule has 5 aromatic rings. The Morgan fingerprint density at radius 2 is 1.91 bits per heavy atom. The van der Waals surface area contributed by atoms with Gasteiger partial charge in [0, 0.05) is 22.8 Å². The Balaban J connectivity index is 1.58. The average Bonchev–Trinajstić information content (AvgIpc) is 3.27. The summed E-state index contributed by atoms with van der Waals surface area (Å²) in [5.41, 5.74) is 4.91. The van der Waals surface area contributed by atoms with Crippen LogP contribution in [0.2, 0.25) is 0 Å². The first-order valence-corrected chi connectivity index (χ1v) is 10.6. The lowest BCUT2D eigenvalue weighted by Crippen LogP contribution is -2.02. The SMILES string of the molecule is Cc1cccc(-c2[nH]c(CNc3ccccc3F)nc2-c2ccc3ncc(C(=O)O)cc3c2)n1. The summed E-state index contributed by atoms with van der Waals surface area (Å²) in [7, 11) is 0. The number of carboxylic acids is 1. The van der Waals surface area contributed by atoms with E-state index >= 15 is 0 Å². The number of nitrogens with zero attached hydrogens (tertiary/aromatic N) is 3. The van der Waals surface area contributed by atoms with E-state index in [-0.39, 0.29) is 17.9 Å². The molecule has 0 aliphatic rings. The number of hydrogen-bond donors (Lipinski definition) is 3. The van der Waals surface area contributed by atoms with E-state index in [1.54, 1.807) is 24.3 Å². The fraction of sp³-hybridized carbons (Fsp3) is 0.0769. The Bertz CT molecular complexity index is 1530. The van der Waals surface area contributed by atoms with Gasteiger partial charge in [-0.2, -0.15) is 0 Å². The van der Waals surface area contributed by atoms with Gasteiger partial charge in [0.15, 0.2) is 0 Å². The molecule has 0 fully saturated rings. The number of benzene rings is 2. The second-order valence-corrected chi connectivity index (χ2v) is 7.84. The van der Waals surface area contributed by atoms with Crippen LogP contribution in [0.15, 0.2) is 72.9 Å². The highest BCUT2D eigenvalue weighted by Crippen LogP contribution is 2.31. The number of fused-ring (bicyclic) bond motifs is 1. The Morgan fingerprint density at radius 3 is 2.71 bits per heavy atom. The molecule has 168 valence electrons. The summed E-state index contributed by atoms with van der Waals surface area (Å²) in [6.45, 7) is 2.19. The van der Waals surface area contributed by atoms with Gasteiger partial charge in [-0.15, -0.1) is 0 Å². The van der Waals surface area contributed by atoms with Gasteiger partial charge in [-0.05, 0) is 49.4 Å². The number of anilines is 1. The lowest BCUT2D eigenvalue weighted by Gasteiger charge is -2.06. The normalized spacial score (nSPS) is 11.0. The van der Waals surface area contributed by atoms with Gasteiger partial charge >= 0.3 is 5.97 Å². The minimum Gasteiger partial charge on any atom is -0.478 e. The molecule has 34 heavy (non-hydrogen) atoms. The number of H-pyrrole nitrogens is 1. The molecule has 0 bridgehead atoms. The molecular formula is C26H20FN5O2. The lowest BCUT2D eigenvalue weighted by molar-refractivity contribution is 0.0696. The second kappa shape index (κ2) is 8.74. The number of aryl methyl sites for hydroxylation is 1. The van der Waals surface area contributed by atoms with Gasteiger partial charge < -0.3 is 15.4 Å². The monoisotopic (exact) mass is 453 g/mol. The van der Waals surface area contributed by atoms with Crippen LogP contribution in [0.25, 0.3) is 33.5 Å². The predicted molar refractivity (Wildman–Crippen MR) is 128 cm³/mol. The number of para-hydroxylation sites is 1. The van der Waals surface area contributed by atoms with Crippen LogP contribution in [0, 0.1) is 12.7 Å². The molecule has 0 aliphatic carbocycles. The number of aromatic amines is 1. The van der Waals surface area contributed by atoms with Crippen molar-refractivity contribution in [1.29, 1.82) is 0 Å². The maximum Gasteiger partial charge on any atom is 0.337 e. The smallest absolute Gasteiger partial charge is 0.337 e. The topological polar surface area (TPSA) is 104 Å². The van der Waals surface area contributed by atoms with E-state index in [0.717, 1.165) is 22.6 Å². The van der Waals surface area contributed by atoms with Gasteiger partial charge in [0.2, 0.25) is 0 Å². The quantitative estimate of drug-likeness (QED) is 0.316. The van der Waals surface area contributed by atoms with E-state index in [1.165, 1.54) is 12.3 Å². The minimum atomic E-state index is -1.04. The second-order valence-electron chi connectivity index (χ2n) is 7.84. The summed E-state index contributed by atoms with van der Waals surface area (Å²) < 4.78 is 14.0. The van der Waals surface area contributed by atoms with E-state index < -0.39 is 5.97 Å². The van der Waals surface area contributed by atoms with Gasteiger partial charge in [-0.3, -0.25) is 9.97 Å². The van der Waals surface area contributed by atoms with E-state index in [4.69, 9.17) is 4.98 Å². The number of carboxylic acid groups (broad SMARTS) is 1. The van der Waals surface area contributed by atoms with Crippen molar-refractivity contribution >= 4 is 22.6 Å². The molecule has 0 radical (unpaired) electrons. The molecule has 0 unspecified atom stereocenters. The third-order valence-corrected chi connectivity index (χ3v) is 5.42. The van der Waals surface area contributed by atoms with Gasteiger partial charge in [-0.25, -0.2) is 14.2 Å². The van der Waals surface area contributed by atoms with Crippen LogP contribution in [0.3, 0.4) is 0 Å². The molecule has 0 aliphatic heterocycles. The molecule has 0 amide bonds. The molecule has 7 nitrogen and oxygen atoms in total. The molecule has 0 spiro atoms. The zero-order chi connectivity index (χ0) is 23.7. The van der Waals surface area contributed by atoms with Gasteiger partial charge in [-0.1, -0.05) is 24.3 Å². The number of aromatic nitrogens is 4. The van der Waals surface area contributed by atoms with E-state index in [1.807, 2.05) is 43.3 Å². The molecule has 0 atom stereocenters. The Morgan fingerprint density at radius 1 is 1.06 bits per heavy atom. The van der Waals surface area contributed by atoms with Crippen molar-refractivity contribution in [2.24, 2.45) is 0 Å². The highest BCUT2D eigenvalue weighted by molar-refractivity contribution is 5.94. The molecule has 3 N–H and O–H groups in total. The minimum absolute atomic E-state index is 0.113. The number of nitrogens with one attached hydrogen (secondary N) is 2. The van der Waals surface area contributed by atoms with Crippen LogP contribution >= 0.6 is 0 Å². The summed E-state index contributed by atoms with van der Waals surface area (Å²) in [5, 5.41) is 13.1. The Hall–Kier alpha value is -4.59. The zero-order valence-electron chi connectivity index (χ0n) is 18.2. The van der Waals surface area contributed by atoms with Crippen LogP contribution in [-0.4, -0.2) is 31.0 Å². The standard InChI is InChI=1S/C26H20FN5O2/c1-15-5-4-8-22(30-15)25-24(31-23(32-25)14-29-21-7-3-2-6-19(21)27)16-9-10-20-17(11-16)12-18(13-28-20)26(33)34/h2-13,29H,14H2,1H3,(H,31,32)(H,33,34). The molecule has 0 saturated carbocycles. The van der Waals surface area contributed by atoms with Crippen molar-refractivity contribution in [3.63, 3.8) is 0 Å². The fourth-order valence-electron chi connectivity index (χ4n) is 3.76. The van der Waals surface area contributed by atoms with Gasteiger partial charge in [0.25, 0.3) is 0 Å². The van der Waals surface area contributed by atoms with Crippen molar-refractivity contribution in [1.82, 2.24) is 19.9 Å². The number of pyridine rings is 2. The van der Waals surface area contributed by atoms with Crippen molar-refractivity contribution < 1.29 is 14.3 Å². The summed E-state index contributed by atoms with van der Waals surface area (Å²) >= 11 is 0. The fourth-order valence-corrected chi connectivity index (χ4v) is 3.76. The van der Waals surface area contributed by atoms with Crippen molar-refractivity contribution in [3.8, 4) is 22.6 Å². The Labute approximate surface area is 194 Å². The van der Waals surface area contributed by atoms with Crippen LogP contribution in [0.4, 0.5) is 10.1 Å². The first-order valence-electron chi connectivity index (χ1n) is 10.6.